The van der Waals surface area contributed by atoms with Crippen molar-refractivity contribution in [3.05, 3.63) is 36.0 Å². The molecule has 0 bridgehead atoms. The second-order valence-electron chi connectivity index (χ2n) is 4.11. The van der Waals surface area contributed by atoms with E-state index in [1.807, 2.05) is 24.4 Å². The molecule has 82 valence electrons. The minimum atomic E-state index is 0.0242. The maximum absolute atomic E-state index is 9.22. The number of nitrogens with one attached hydrogen (secondary N) is 1. The van der Waals surface area contributed by atoms with Crippen LogP contribution in [-0.4, -0.2) is 4.98 Å². The number of hydrogen-bond donors (Lipinski definition) is 1. The van der Waals surface area contributed by atoms with Crippen molar-refractivity contribution in [1.29, 1.82) is 5.26 Å². The molecule has 0 radical (unpaired) electrons. The summed E-state index contributed by atoms with van der Waals surface area (Å²) in [5, 5.41) is 10.4. The third-order valence-corrected chi connectivity index (χ3v) is 3.00. The van der Waals surface area contributed by atoms with Gasteiger partial charge in [-0.15, -0.1) is 0 Å². The van der Waals surface area contributed by atoms with Crippen molar-refractivity contribution < 1.29 is 0 Å². The normalized spacial score (nSPS) is 12.5. The predicted molar refractivity (Wildman–Crippen MR) is 66.2 cm³/mol. The van der Waals surface area contributed by atoms with Crippen LogP contribution in [-0.2, 0) is 0 Å². The topological polar surface area (TPSA) is 39.6 Å². The van der Waals surface area contributed by atoms with Gasteiger partial charge in [-0.05, 0) is 18.1 Å². The highest BCUT2D eigenvalue weighted by atomic mass is 14.7. The molecule has 2 aromatic rings. The number of hydrogen-bond acceptors (Lipinski definition) is 1. The zero-order valence-corrected chi connectivity index (χ0v) is 9.53. The Bertz CT molecular complexity index is 505. The quantitative estimate of drug-likeness (QED) is 0.818. The Morgan fingerprint density at radius 1 is 1.38 bits per heavy atom. The van der Waals surface area contributed by atoms with Crippen molar-refractivity contribution in [3.63, 3.8) is 0 Å². The van der Waals surface area contributed by atoms with Crippen molar-refractivity contribution in [3.8, 4) is 6.07 Å². The van der Waals surface area contributed by atoms with Crippen LogP contribution in [0, 0.1) is 11.3 Å². The van der Waals surface area contributed by atoms with Crippen LogP contribution in [0.1, 0.15) is 37.7 Å². The number of aromatic nitrogens is 1. The van der Waals surface area contributed by atoms with Gasteiger partial charge in [0.25, 0.3) is 0 Å². The molecule has 2 rings (SSSR count). The van der Waals surface area contributed by atoms with Gasteiger partial charge in [-0.3, -0.25) is 0 Å². The monoisotopic (exact) mass is 212 g/mol. The van der Waals surface area contributed by atoms with E-state index in [-0.39, 0.29) is 5.92 Å². The van der Waals surface area contributed by atoms with Gasteiger partial charge in [-0.2, -0.15) is 5.26 Å². The van der Waals surface area contributed by atoms with Crippen LogP contribution in [0.15, 0.2) is 30.5 Å². The highest BCUT2D eigenvalue weighted by Crippen LogP contribution is 2.28. The molecule has 0 aliphatic carbocycles. The lowest BCUT2D eigenvalue weighted by Crippen LogP contribution is -1.94. The molecule has 1 heterocycles. The van der Waals surface area contributed by atoms with Gasteiger partial charge in [0.1, 0.15) is 0 Å². The van der Waals surface area contributed by atoms with Crippen LogP contribution in [0.5, 0.6) is 0 Å². The molecule has 0 amide bonds. The van der Waals surface area contributed by atoms with E-state index in [1.54, 1.807) is 0 Å². The summed E-state index contributed by atoms with van der Waals surface area (Å²) in [6.07, 6.45) is 5.18. The van der Waals surface area contributed by atoms with Crippen LogP contribution in [0.25, 0.3) is 10.9 Å². The molecular formula is C14H16N2. The molecule has 0 fully saturated rings. The summed E-state index contributed by atoms with van der Waals surface area (Å²) < 4.78 is 0. The van der Waals surface area contributed by atoms with Crippen LogP contribution in [0.2, 0.25) is 0 Å². The summed E-state index contributed by atoms with van der Waals surface area (Å²) in [6, 6.07) is 10.6. The number of unbranched alkanes of at least 4 members (excludes halogenated alkanes) is 1. The largest absolute Gasteiger partial charge is 0.361 e. The number of nitriles is 1. The Hall–Kier alpha value is -1.75. The summed E-state index contributed by atoms with van der Waals surface area (Å²) in [5.41, 5.74) is 2.26. The summed E-state index contributed by atoms with van der Waals surface area (Å²) in [7, 11) is 0. The fourth-order valence-corrected chi connectivity index (χ4v) is 2.08. The molecule has 1 aromatic heterocycles. The fourth-order valence-electron chi connectivity index (χ4n) is 2.08. The average Bonchev–Trinajstić information content (AvgIpc) is 2.75. The van der Waals surface area contributed by atoms with E-state index < -0.39 is 0 Å². The van der Waals surface area contributed by atoms with Gasteiger partial charge in [0, 0.05) is 17.1 Å². The molecule has 16 heavy (non-hydrogen) atoms. The second kappa shape index (κ2) is 4.85. The van der Waals surface area contributed by atoms with E-state index in [1.165, 1.54) is 5.39 Å². The Kier molecular flexibility index (Phi) is 3.26. The molecule has 1 N–H and O–H groups in total. The highest BCUT2D eigenvalue weighted by molar-refractivity contribution is 5.83. The van der Waals surface area contributed by atoms with Crippen LogP contribution >= 0.6 is 0 Å². The van der Waals surface area contributed by atoms with Crippen molar-refractivity contribution in [2.75, 3.05) is 0 Å². The first kappa shape index (κ1) is 10.8. The van der Waals surface area contributed by atoms with Crippen molar-refractivity contribution in [1.82, 2.24) is 4.98 Å². The third kappa shape index (κ3) is 1.94. The summed E-state index contributed by atoms with van der Waals surface area (Å²) in [4.78, 5) is 3.23. The fraction of sp³-hybridized carbons (Fsp3) is 0.357. The van der Waals surface area contributed by atoms with Crippen LogP contribution in [0.3, 0.4) is 0 Å². The zero-order chi connectivity index (χ0) is 11.4. The third-order valence-electron chi connectivity index (χ3n) is 3.00. The lowest BCUT2D eigenvalue weighted by atomic mass is 9.95. The van der Waals surface area contributed by atoms with Gasteiger partial charge in [0.2, 0.25) is 0 Å². The van der Waals surface area contributed by atoms with Crippen molar-refractivity contribution >= 4 is 10.9 Å². The summed E-state index contributed by atoms with van der Waals surface area (Å²) in [6.45, 7) is 2.16. The number of para-hydroxylation sites is 1. The van der Waals surface area contributed by atoms with Gasteiger partial charge < -0.3 is 4.98 Å². The van der Waals surface area contributed by atoms with E-state index in [2.05, 4.69) is 24.0 Å². The molecular weight excluding hydrogens is 196 g/mol. The minimum Gasteiger partial charge on any atom is -0.361 e. The molecule has 2 nitrogen and oxygen atoms in total. The molecule has 1 unspecified atom stereocenters. The van der Waals surface area contributed by atoms with E-state index in [9.17, 15) is 5.26 Å². The first-order valence-electron chi connectivity index (χ1n) is 5.82. The minimum absolute atomic E-state index is 0.0242. The lowest BCUT2D eigenvalue weighted by Gasteiger charge is -2.06. The maximum atomic E-state index is 9.22. The van der Waals surface area contributed by atoms with Gasteiger partial charge >= 0.3 is 0 Å². The molecule has 1 aromatic carbocycles. The van der Waals surface area contributed by atoms with Gasteiger partial charge in [0.05, 0.1) is 12.0 Å². The SMILES string of the molecule is CCCCC(C#N)c1c[nH]c2ccccc12. The Morgan fingerprint density at radius 3 is 2.94 bits per heavy atom. The Morgan fingerprint density at radius 2 is 2.19 bits per heavy atom. The molecule has 0 aliphatic rings. The molecule has 0 saturated carbocycles. The number of nitrogens with zero attached hydrogens (tertiary/aromatic N) is 1. The van der Waals surface area contributed by atoms with Crippen LogP contribution < -0.4 is 0 Å². The first-order valence-corrected chi connectivity index (χ1v) is 5.82. The second-order valence-corrected chi connectivity index (χ2v) is 4.11. The molecule has 2 heteroatoms. The maximum Gasteiger partial charge on any atom is 0.0733 e. The van der Waals surface area contributed by atoms with Gasteiger partial charge in [0.15, 0.2) is 0 Å². The number of aromatic amines is 1. The number of benzene rings is 1. The zero-order valence-electron chi connectivity index (χ0n) is 9.53. The van der Waals surface area contributed by atoms with Gasteiger partial charge in [-0.25, -0.2) is 0 Å². The number of fused-ring (bicyclic) bond motifs is 1. The van der Waals surface area contributed by atoms with Crippen molar-refractivity contribution in [2.45, 2.75) is 32.1 Å². The smallest absolute Gasteiger partial charge is 0.0733 e. The van der Waals surface area contributed by atoms with Gasteiger partial charge in [-0.1, -0.05) is 38.0 Å². The summed E-state index contributed by atoms with van der Waals surface area (Å²) in [5.74, 6) is 0.0242. The van der Waals surface area contributed by atoms with E-state index >= 15 is 0 Å². The Balaban J connectivity index is 2.34. The average molecular weight is 212 g/mol. The molecule has 0 spiro atoms. The Labute approximate surface area is 95.9 Å². The standard InChI is InChI=1S/C14H16N2/c1-2-3-6-11(9-15)13-10-16-14-8-5-4-7-12(13)14/h4-5,7-8,10-11,16H,2-3,6H2,1H3. The van der Waals surface area contributed by atoms with E-state index in [0.717, 1.165) is 30.3 Å². The molecule has 1 atom stereocenters. The van der Waals surface area contributed by atoms with Crippen molar-refractivity contribution in [2.24, 2.45) is 0 Å². The number of H-pyrrole nitrogens is 1. The molecule has 0 aliphatic heterocycles. The lowest BCUT2D eigenvalue weighted by molar-refractivity contribution is 0.674. The van der Waals surface area contributed by atoms with E-state index in [4.69, 9.17) is 0 Å². The number of rotatable bonds is 4. The first-order chi connectivity index (χ1) is 7.86. The van der Waals surface area contributed by atoms with Crippen LogP contribution in [0.4, 0.5) is 0 Å². The highest BCUT2D eigenvalue weighted by Gasteiger charge is 2.14. The predicted octanol–water partition coefficient (Wildman–Crippen LogP) is 3.97. The summed E-state index contributed by atoms with van der Waals surface area (Å²) >= 11 is 0. The molecule has 0 saturated heterocycles. The van der Waals surface area contributed by atoms with E-state index in [0.29, 0.717) is 0 Å².